The third-order valence-corrected chi connectivity index (χ3v) is 5.09. The van der Waals surface area contributed by atoms with Crippen molar-refractivity contribution in [3.8, 4) is 0 Å². The maximum Gasteiger partial charge on any atom is 0.0303 e. The lowest BCUT2D eigenvalue weighted by Gasteiger charge is -2.48. The maximum absolute atomic E-state index is 3.79. The largest absolute Gasteiger partial charge is 0.311 e. The first-order valence-corrected chi connectivity index (χ1v) is 8.70. The molecule has 2 atom stereocenters. The van der Waals surface area contributed by atoms with Crippen LogP contribution in [0, 0.1) is 0 Å². The molecule has 1 aliphatic heterocycles. The second-order valence-electron chi connectivity index (χ2n) is 6.77. The lowest BCUT2D eigenvalue weighted by molar-refractivity contribution is 0.0474. The van der Waals surface area contributed by atoms with Gasteiger partial charge >= 0.3 is 0 Å². The van der Waals surface area contributed by atoms with E-state index >= 15 is 0 Å². The summed E-state index contributed by atoms with van der Waals surface area (Å²) in [6, 6.07) is 11.5. The first-order valence-electron chi connectivity index (χ1n) is 8.70. The molecule has 1 N–H and O–H groups in total. The molecule has 2 heteroatoms. The van der Waals surface area contributed by atoms with Crippen LogP contribution in [0.4, 0.5) is 0 Å². The average Bonchev–Trinajstić information content (AvgIpc) is 2.52. The van der Waals surface area contributed by atoms with E-state index in [1.165, 1.54) is 44.3 Å². The molecule has 1 aromatic carbocycles. The van der Waals surface area contributed by atoms with E-state index in [1.54, 1.807) is 0 Å². The fourth-order valence-corrected chi connectivity index (χ4v) is 3.32. The van der Waals surface area contributed by atoms with Crippen molar-refractivity contribution < 1.29 is 0 Å². The minimum Gasteiger partial charge on any atom is -0.311 e. The van der Waals surface area contributed by atoms with Gasteiger partial charge in [0.05, 0.1) is 0 Å². The Labute approximate surface area is 130 Å². The minimum absolute atomic E-state index is 0.334. The fraction of sp³-hybridized carbons (Fsp3) is 0.684. The molecule has 1 aromatic rings. The van der Waals surface area contributed by atoms with E-state index in [4.69, 9.17) is 0 Å². The SMILES string of the molecule is CCCCCN1CC(Cc2ccccc2)NCC1(C)CC. The van der Waals surface area contributed by atoms with Gasteiger partial charge in [-0.1, -0.05) is 57.0 Å². The second kappa shape index (κ2) is 7.95. The summed E-state index contributed by atoms with van der Waals surface area (Å²) in [7, 11) is 0. The molecule has 1 aliphatic rings. The zero-order chi connectivity index (χ0) is 15.1. The molecule has 2 nitrogen and oxygen atoms in total. The van der Waals surface area contributed by atoms with Crippen LogP contribution in [-0.4, -0.2) is 36.1 Å². The molecule has 0 radical (unpaired) electrons. The molecule has 0 bridgehead atoms. The van der Waals surface area contributed by atoms with Crippen LogP contribution in [0.2, 0.25) is 0 Å². The van der Waals surface area contributed by atoms with Crippen LogP contribution in [0.3, 0.4) is 0 Å². The summed E-state index contributed by atoms with van der Waals surface area (Å²) in [6.07, 6.45) is 6.37. The minimum atomic E-state index is 0.334. The van der Waals surface area contributed by atoms with Gasteiger partial charge in [0.25, 0.3) is 0 Å². The summed E-state index contributed by atoms with van der Waals surface area (Å²) in [5.74, 6) is 0. The van der Waals surface area contributed by atoms with E-state index in [2.05, 4.69) is 61.3 Å². The number of piperazine rings is 1. The highest BCUT2D eigenvalue weighted by molar-refractivity contribution is 5.16. The van der Waals surface area contributed by atoms with E-state index in [0.717, 1.165) is 13.0 Å². The number of rotatable bonds is 7. The Kier molecular flexibility index (Phi) is 6.25. The van der Waals surface area contributed by atoms with Gasteiger partial charge in [0.15, 0.2) is 0 Å². The summed E-state index contributed by atoms with van der Waals surface area (Å²) in [5, 5.41) is 3.79. The van der Waals surface area contributed by atoms with Crippen molar-refractivity contribution in [2.45, 2.75) is 64.5 Å². The second-order valence-corrected chi connectivity index (χ2v) is 6.77. The van der Waals surface area contributed by atoms with Crippen LogP contribution >= 0.6 is 0 Å². The van der Waals surface area contributed by atoms with Crippen LogP contribution in [0.1, 0.15) is 52.0 Å². The van der Waals surface area contributed by atoms with Gasteiger partial charge in [-0.25, -0.2) is 0 Å². The van der Waals surface area contributed by atoms with Crippen LogP contribution in [0.5, 0.6) is 0 Å². The number of hydrogen-bond acceptors (Lipinski definition) is 2. The number of benzene rings is 1. The Balaban J connectivity index is 1.94. The highest BCUT2D eigenvalue weighted by Gasteiger charge is 2.35. The molecule has 0 aromatic heterocycles. The summed E-state index contributed by atoms with van der Waals surface area (Å²) in [5.41, 5.74) is 1.78. The number of nitrogens with one attached hydrogen (secondary N) is 1. The van der Waals surface area contributed by atoms with Crippen LogP contribution < -0.4 is 5.32 Å². The standard InChI is InChI=1S/C19H32N2/c1-4-6-10-13-21-15-18(20-16-19(21,3)5-2)14-17-11-8-7-9-12-17/h7-9,11-12,18,20H,4-6,10,13-16H2,1-3H3. The summed E-state index contributed by atoms with van der Waals surface area (Å²) in [4.78, 5) is 2.74. The highest BCUT2D eigenvalue weighted by atomic mass is 15.3. The number of unbranched alkanes of at least 4 members (excludes halogenated alkanes) is 2. The first kappa shape index (κ1) is 16.5. The Morgan fingerprint density at radius 1 is 1.19 bits per heavy atom. The van der Waals surface area contributed by atoms with Crippen molar-refractivity contribution in [1.82, 2.24) is 10.2 Å². The van der Waals surface area contributed by atoms with E-state index < -0.39 is 0 Å². The zero-order valence-electron chi connectivity index (χ0n) is 14.1. The molecule has 0 spiro atoms. The normalized spacial score (nSPS) is 26.9. The van der Waals surface area contributed by atoms with Gasteiger partial charge in [-0.2, -0.15) is 0 Å². The molecular formula is C19H32N2. The van der Waals surface area contributed by atoms with Crippen LogP contribution in [0.25, 0.3) is 0 Å². The van der Waals surface area contributed by atoms with Crippen molar-refractivity contribution in [3.63, 3.8) is 0 Å². The van der Waals surface area contributed by atoms with Gasteiger partial charge in [-0.05, 0) is 38.3 Å². The first-order chi connectivity index (χ1) is 10.2. The monoisotopic (exact) mass is 288 g/mol. The summed E-state index contributed by atoms with van der Waals surface area (Å²) < 4.78 is 0. The van der Waals surface area contributed by atoms with E-state index in [1.807, 2.05) is 0 Å². The molecule has 0 amide bonds. The Bertz CT molecular complexity index is 403. The topological polar surface area (TPSA) is 15.3 Å². The van der Waals surface area contributed by atoms with Crippen molar-refractivity contribution in [2.24, 2.45) is 0 Å². The summed E-state index contributed by atoms with van der Waals surface area (Å²) >= 11 is 0. The van der Waals surface area contributed by atoms with Gasteiger partial charge in [-0.15, -0.1) is 0 Å². The van der Waals surface area contributed by atoms with E-state index in [9.17, 15) is 0 Å². The molecule has 1 saturated heterocycles. The maximum atomic E-state index is 3.79. The molecule has 2 rings (SSSR count). The number of nitrogens with zero attached hydrogens (tertiary/aromatic N) is 1. The predicted molar refractivity (Wildman–Crippen MR) is 91.7 cm³/mol. The third-order valence-electron chi connectivity index (χ3n) is 5.09. The Morgan fingerprint density at radius 3 is 2.62 bits per heavy atom. The van der Waals surface area contributed by atoms with Gasteiger partial charge in [-0.3, -0.25) is 4.90 Å². The van der Waals surface area contributed by atoms with Gasteiger partial charge in [0.2, 0.25) is 0 Å². The van der Waals surface area contributed by atoms with Crippen molar-refractivity contribution in [2.75, 3.05) is 19.6 Å². The van der Waals surface area contributed by atoms with E-state index in [-0.39, 0.29) is 0 Å². The molecule has 1 fully saturated rings. The van der Waals surface area contributed by atoms with Gasteiger partial charge < -0.3 is 5.32 Å². The quantitative estimate of drug-likeness (QED) is 0.766. The van der Waals surface area contributed by atoms with Gasteiger partial charge in [0, 0.05) is 24.7 Å². The molecule has 21 heavy (non-hydrogen) atoms. The number of hydrogen-bond donors (Lipinski definition) is 1. The van der Waals surface area contributed by atoms with Crippen LogP contribution in [0.15, 0.2) is 30.3 Å². The van der Waals surface area contributed by atoms with Crippen molar-refractivity contribution in [1.29, 1.82) is 0 Å². The smallest absolute Gasteiger partial charge is 0.0303 e. The predicted octanol–water partition coefficient (Wildman–Crippen LogP) is 3.86. The highest BCUT2D eigenvalue weighted by Crippen LogP contribution is 2.24. The molecule has 0 aliphatic carbocycles. The average molecular weight is 288 g/mol. The Morgan fingerprint density at radius 2 is 1.95 bits per heavy atom. The third kappa shape index (κ3) is 4.55. The van der Waals surface area contributed by atoms with Crippen LogP contribution in [-0.2, 0) is 6.42 Å². The summed E-state index contributed by atoms with van der Waals surface area (Å²) in [6.45, 7) is 10.6. The molecule has 2 unspecified atom stereocenters. The zero-order valence-corrected chi connectivity index (χ0v) is 14.1. The Hall–Kier alpha value is -0.860. The molecule has 0 saturated carbocycles. The van der Waals surface area contributed by atoms with Crippen molar-refractivity contribution >= 4 is 0 Å². The lowest BCUT2D eigenvalue weighted by atomic mass is 9.90. The lowest BCUT2D eigenvalue weighted by Crippen LogP contribution is -2.63. The molecule has 118 valence electrons. The fourth-order valence-electron chi connectivity index (χ4n) is 3.32. The van der Waals surface area contributed by atoms with E-state index in [0.29, 0.717) is 11.6 Å². The van der Waals surface area contributed by atoms with Crippen molar-refractivity contribution in [3.05, 3.63) is 35.9 Å². The van der Waals surface area contributed by atoms with Gasteiger partial charge in [0.1, 0.15) is 0 Å². The molecule has 1 heterocycles. The molecular weight excluding hydrogens is 256 g/mol.